The van der Waals surface area contributed by atoms with E-state index in [4.69, 9.17) is 0 Å². The fourth-order valence-corrected chi connectivity index (χ4v) is 1.62. The monoisotopic (exact) mass is 262 g/mol. The number of carbonyl (C=O) groups is 2. The van der Waals surface area contributed by atoms with Crippen molar-refractivity contribution in [3.05, 3.63) is 29.8 Å². The lowest BCUT2D eigenvalue weighted by Gasteiger charge is -2.11. The molecule has 0 saturated heterocycles. The van der Waals surface area contributed by atoms with Gasteiger partial charge in [0.2, 0.25) is 5.91 Å². The molecule has 1 rings (SSSR count). The number of nitrogens with one attached hydrogen (secondary N) is 2. The Morgan fingerprint density at radius 1 is 1.32 bits per heavy atom. The Kier molecular flexibility index (Phi) is 6.22. The Hall–Kier alpha value is -1.68. The average Bonchev–Trinajstić information content (AvgIpc) is 2.38. The summed E-state index contributed by atoms with van der Waals surface area (Å²) in [6, 6.07) is 7.41. The first kappa shape index (κ1) is 15.4. The van der Waals surface area contributed by atoms with Crippen molar-refractivity contribution in [1.82, 2.24) is 5.32 Å². The molecule has 0 fully saturated rings. The molecule has 0 radical (unpaired) electrons. The quantitative estimate of drug-likeness (QED) is 0.743. The second kappa shape index (κ2) is 7.69. The molecule has 0 aliphatic heterocycles. The minimum Gasteiger partial charge on any atom is -0.326 e. The zero-order valence-electron chi connectivity index (χ0n) is 11.8. The molecule has 1 aromatic rings. The highest BCUT2D eigenvalue weighted by Gasteiger charge is 2.05. The number of ketones is 1. The Labute approximate surface area is 114 Å². The smallest absolute Gasteiger partial charge is 0.225 e. The first-order valence-electron chi connectivity index (χ1n) is 6.67. The van der Waals surface area contributed by atoms with E-state index in [1.54, 1.807) is 24.3 Å². The highest BCUT2D eigenvalue weighted by atomic mass is 16.1. The lowest BCUT2D eigenvalue weighted by Crippen LogP contribution is -2.28. The van der Waals surface area contributed by atoms with Crippen LogP contribution >= 0.6 is 0 Å². The number of anilines is 1. The Morgan fingerprint density at radius 3 is 2.68 bits per heavy atom. The van der Waals surface area contributed by atoms with E-state index >= 15 is 0 Å². The van der Waals surface area contributed by atoms with Crippen LogP contribution in [0.2, 0.25) is 0 Å². The fraction of sp³-hybridized carbons (Fsp3) is 0.467. The minimum atomic E-state index is -0.0449. The van der Waals surface area contributed by atoms with Crippen LogP contribution in [0.15, 0.2) is 24.3 Å². The average molecular weight is 262 g/mol. The fourth-order valence-electron chi connectivity index (χ4n) is 1.62. The highest BCUT2D eigenvalue weighted by molar-refractivity contribution is 5.97. The maximum atomic E-state index is 11.7. The van der Waals surface area contributed by atoms with Gasteiger partial charge in [0, 0.05) is 30.3 Å². The van der Waals surface area contributed by atoms with E-state index in [1.165, 1.54) is 6.92 Å². The minimum absolute atomic E-state index is 0.00506. The summed E-state index contributed by atoms with van der Waals surface area (Å²) in [6.07, 6.45) is 1.47. The van der Waals surface area contributed by atoms with Gasteiger partial charge in [-0.15, -0.1) is 0 Å². The molecule has 1 atom stereocenters. The van der Waals surface area contributed by atoms with Crippen LogP contribution in [0, 0.1) is 0 Å². The zero-order chi connectivity index (χ0) is 14.3. The number of hydrogen-bond acceptors (Lipinski definition) is 3. The molecule has 0 heterocycles. The van der Waals surface area contributed by atoms with Crippen LogP contribution in [0.5, 0.6) is 0 Å². The molecule has 0 aliphatic rings. The van der Waals surface area contributed by atoms with Crippen molar-refractivity contribution in [2.75, 3.05) is 11.9 Å². The van der Waals surface area contributed by atoms with Gasteiger partial charge < -0.3 is 10.6 Å². The molecule has 19 heavy (non-hydrogen) atoms. The molecule has 0 aliphatic carbocycles. The van der Waals surface area contributed by atoms with E-state index in [-0.39, 0.29) is 11.7 Å². The molecule has 104 valence electrons. The van der Waals surface area contributed by atoms with Gasteiger partial charge in [0.05, 0.1) is 0 Å². The molecule has 0 spiro atoms. The van der Waals surface area contributed by atoms with E-state index in [1.807, 2.05) is 0 Å². The second-order valence-electron chi connectivity index (χ2n) is 4.70. The van der Waals surface area contributed by atoms with Crippen LogP contribution in [0.25, 0.3) is 0 Å². The topological polar surface area (TPSA) is 58.2 Å². The molecule has 4 heteroatoms. The summed E-state index contributed by atoms with van der Waals surface area (Å²) >= 11 is 0. The van der Waals surface area contributed by atoms with Crippen LogP contribution < -0.4 is 10.6 Å². The normalized spacial score (nSPS) is 11.9. The number of hydrogen-bond donors (Lipinski definition) is 2. The molecule has 1 unspecified atom stereocenters. The van der Waals surface area contributed by atoms with Crippen molar-refractivity contribution < 1.29 is 9.59 Å². The summed E-state index contributed by atoms with van der Waals surface area (Å²) in [7, 11) is 0. The van der Waals surface area contributed by atoms with Crippen molar-refractivity contribution in [2.24, 2.45) is 0 Å². The van der Waals surface area contributed by atoms with E-state index in [0.29, 0.717) is 30.3 Å². The number of Topliss-reactive ketones (excluding diaryl/α,β-unsaturated/α-hetero) is 1. The molecule has 0 aromatic heterocycles. The zero-order valence-corrected chi connectivity index (χ0v) is 11.8. The van der Waals surface area contributed by atoms with Gasteiger partial charge in [-0.2, -0.15) is 0 Å². The number of amides is 1. The Bertz CT molecular complexity index is 444. The van der Waals surface area contributed by atoms with E-state index in [9.17, 15) is 9.59 Å². The third-order valence-electron chi connectivity index (χ3n) is 3.01. The van der Waals surface area contributed by atoms with E-state index < -0.39 is 0 Å². The predicted molar refractivity (Wildman–Crippen MR) is 77.4 cm³/mol. The van der Waals surface area contributed by atoms with Crippen molar-refractivity contribution in [2.45, 2.75) is 39.7 Å². The van der Waals surface area contributed by atoms with Crippen LogP contribution in [0.3, 0.4) is 0 Å². The first-order valence-corrected chi connectivity index (χ1v) is 6.67. The van der Waals surface area contributed by atoms with Gasteiger partial charge in [0.25, 0.3) is 0 Å². The molecule has 1 amide bonds. The van der Waals surface area contributed by atoms with Crippen LogP contribution in [0.1, 0.15) is 44.0 Å². The summed E-state index contributed by atoms with van der Waals surface area (Å²) in [4.78, 5) is 23.0. The van der Waals surface area contributed by atoms with Gasteiger partial charge in [-0.3, -0.25) is 9.59 Å². The van der Waals surface area contributed by atoms with Crippen LogP contribution in [0.4, 0.5) is 5.69 Å². The van der Waals surface area contributed by atoms with E-state index in [2.05, 4.69) is 24.5 Å². The van der Waals surface area contributed by atoms with Crippen LogP contribution in [-0.2, 0) is 4.79 Å². The number of benzene rings is 1. The Morgan fingerprint density at radius 2 is 2.05 bits per heavy atom. The Balaban J connectivity index is 2.44. The van der Waals surface area contributed by atoms with E-state index in [0.717, 1.165) is 6.42 Å². The lowest BCUT2D eigenvalue weighted by atomic mass is 10.1. The maximum absolute atomic E-state index is 11.7. The number of carbonyl (C=O) groups excluding carboxylic acids is 2. The van der Waals surface area contributed by atoms with Crippen molar-refractivity contribution in [1.29, 1.82) is 0 Å². The summed E-state index contributed by atoms with van der Waals surface area (Å²) < 4.78 is 0. The summed E-state index contributed by atoms with van der Waals surface area (Å²) in [6.45, 7) is 6.36. The summed E-state index contributed by atoms with van der Waals surface area (Å²) in [5.74, 6) is -0.0500. The standard InChI is InChI=1S/C15H22N2O2/c1-4-11(2)16-9-8-15(19)17-14-7-5-6-13(10-14)12(3)18/h5-7,10-11,16H,4,8-9H2,1-3H3,(H,17,19). The van der Waals surface area contributed by atoms with Gasteiger partial charge >= 0.3 is 0 Å². The maximum Gasteiger partial charge on any atom is 0.225 e. The molecular weight excluding hydrogens is 240 g/mol. The largest absolute Gasteiger partial charge is 0.326 e. The van der Waals surface area contributed by atoms with Crippen LogP contribution in [-0.4, -0.2) is 24.3 Å². The molecule has 0 saturated carbocycles. The molecule has 2 N–H and O–H groups in total. The molecule has 1 aromatic carbocycles. The van der Waals surface area contributed by atoms with Gasteiger partial charge in [-0.25, -0.2) is 0 Å². The van der Waals surface area contributed by atoms with Gasteiger partial charge in [-0.05, 0) is 32.4 Å². The van der Waals surface area contributed by atoms with Gasteiger partial charge in [-0.1, -0.05) is 19.1 Å². The third kappa shape index (κ3) is 5.66. The first-order chi connectivity index (χ1) is 9.02. The third-order valence-corrected chi connectivity index (χ3v) is 3.01. The SMILES string of the molecule is CCC(C)NCCC(=O)Nc1cccc(C(C)=O)c1. The highest BCUT2D eigenvalue weighted by Crippen LogP contribution is 2.11. The molecular formula is C15H22N2O2. The second-order valence-corrected chi connectivity index (χ2v) is 4.70. The van der Waals surface area contributed by atoms with Crippen molar-refractivity contribution in [3.8, 4) is 0 Å². The summed E-state index contributed by atoms with van der Waals surface area (Å²) in [5.41, 5.74) is 1.27. The van der Waals surface area contributed by atoms with Crippen molar-refractivity contribution in [3.63, 3.8) is 0 Å². The molecule has 4 nitrogen and oxygen atoms in total. The summed E-state index contributed by atoms with van der Waals surface area (Å²) in [5, 5.41) is 6.06. The molecule has 0 bridgehead atoms. The van der Waals surface area contributed by atoms with Crippen molar-refractivity contribution >= 4 is 17.4 Å². The number of rotatable bonds is 7. The lowest BCUT2D eigenvalue weighted by molar-refractivity contribution is -0.116. The van der Waals surface area contributed by atoms with Gasteiger partial charge in [0.15, 0.2) is 5.78 Å². The van der Waals surface area contributed by atoms with Gasteiger partial charge in [0.1, 0.15) is 0 Å². The predicted octanol–water partition coefficient (Wildman–Crippen LogP) is 2.61.